The molecule has 112 valence electrons. The van der Waals surface area contributed by atoms with E-state index in [1.165, 1.54) is 0 Å². The number of hydrogen-bond donors (Lipinski definition) is 1. The molecule has 2 aromatic rings. The Kier molecular flexibility index (Phi) is 6.24. The first-order chi connectivity index (χ1) is 10.1. The van der Waals surface area contributed by atoms with Gasteiger partial charge < -0.3 is 5.32 Å². The van der Waals surface area contributed by atoms with Crippen molar-refractivity contribution < 1.29 is 4.79 Å². The van der Waals surface area contributed by atoms with E-state index in [0.717, 1.165) is 45.5 Å². The average Bonchev–Trinajstić information content (AvgIpc) is 2.50. The number of fused-ring (bicyclic) bond motifs is 1. The van der Waals surface area contributed by atoms with Crippen molar-refractivity contribution in [2.24, 2.45) is 5.92 Å². The van der Waals surface area contributed by atoms with Crippen molar-refractivity contribution in [2.75, 3.05) is 11.9 Å². The summed E-state index contributed by atoms with van der Waals surface area (Å²) < 4.78 is 1.05. The van der Waals surface area contributed by atoms with Gasteiger partial charge in [-0.15, -0.1) is 0 Å². The van der Waals surface area contributed by atoms with Crippen molar-refractivity contribution >= 4 is 48.5 Å². The van der Waals surface area contributed by atoms with Gasteiger partial charge >= 0.3 is 0 Å². The normalized spacial score (nSPS) is 12.3. The smallest absolute Gasteiger partial charge is 0.251 e. The van der Waals surface area contributed by atoms with Gasteiger partial charge in [0.1, 0.15) is 0 Å². The van der Waals surface area contributed by atoms with Crippen LogP contribution in [-0.4, -0.2) is 17.8 Å². The maximum absolute atomic E-state index is 12.2. The van der Waals surface area contributed by atoms with Crippen LogP contribution in [0.5, 0.6) is 0 Å². The van der Waals surface area contributed by atoms with Gasteiger partial charge in [-0.2, -0.15) is 0 Å². The summed E-state index contributed by atoms with van der Waals surface area (Å²) >= 11 is 6.92. The van der Waals surface area contributed by atoms with E-state index in [1.54, 1.807) is 0 Å². The van der Waals surface area contributed by atoms with Crippen LogP contribution in [-0.2, 0) is 0 Å². The SMILES string of the molecule is CCC(CCBr)CNC(=O)c1ccc2cc(Br)ccc2c1. The van der Waals surface area contributed by atoms with E-state index in [0.29, 0.717) is 5.92 Å². The maximum atomic E-state index is 12.2. The Bertz CT molecular complexity index is 627. The number of hydrogen-bond acceptors (Lipinski definition) is 1. The van der Waals surface area contributed by atoms with Crippen LogP contribution < -0.4 is 5.32 Å². The number of carbonyl (C=O) groups excluding carboxylic acids is 1. The molecule has 0 aromatic heterocycles. The predicted molar refractivity (Wildman–Crippen MR) is 96.2 cm³/mol. The summed E-state index contributed by atoms with van der Waals surface area (Å²) in [5, 5.41) is 6.23. The topological polar surface area (TPSA) is 29.1 Å². The van der Waals surface area contributed by atoms with E-state index < -0.39 is 0 Å². The minimum atomic E-state index is 0.00726. The quantitative estimate of drug-likeness (QED) is 0.653. The second-order valence-corrected chi connectivity index (χ2v) is 6.88. The molecule has 1 unspecified atom stereocenters. The number of nitrogens with one attached hydrogen (secondary N) is 1. The average molecular weight is 413 g/mol. The molecule has 0 saturated heterocycles. The molecule has 0 aliphatic carbocycles. The third kappa shape index (κ3) is 4.55. The fourth-order valence-corrected chi connectivity index (χ4v) is 3.33. The Morgan fingerprint density at radius 3 is 2.62 bits per heavy atom. The second kappa shape index (κ2) is 7.95. The van der Waals surface area contributed by atoms with Gasteiger partial charge in [0.25, 0.3) is 5.91 Å². The number of rotatable bonds is 6. The van der Waals surface area contributed by atoms with Gasteiger partial charge in [-0.1, -0.05) is 57.3 Å². The van der Waals surface area contributed by atoms with Crippen molar-refractivity contribution in [3.8, 4) is 0 Å². The van der Waals surface area contributed by atoms with Gasteiger partial charge in [-0.3, -0.25) is 4.79 Å². The lowest BCUT2D eigenvalue weighted by Gasteiger charge is -2.14. The standard InChI is InChI=1S/C17H19Br2NO/c1-2-12(7-8-18)11-20-17(21)15-4-3-14-10-16(19)6-5-13(14)9-15/h3-6,9-10,12H,2,7-8,11H2,1H3,(H,20,21). The van der Waals surface area contributed by atoms with Gasteiger partial charge in [0.2, 0.25) is 0 Å². The lowest BCUT2D eigenvalue weighted by Crippen LogP contribution is -2.29. The first-order valence-corrected chi connectivity index (χ1v) is 9.09. The summed E-state index contributed by atoms with van der Waals surface area (Å²) in [6, 6.07) is 11.9. The summed E-state index contributed by atoms with van der Waals surface area (Å²) in [7, 11) is 0. The molecule has 0 aliphatic heterocycles. The Morgan fingerprint density at radius 2 is 1.90 bits per heavy atom. The molecule has 0 bridgehead atoms. The van der Waals surface area contributed by atoms with Crippen LogP contribution in [0.1, 0.15) is 30.1 Å². The lowest BCUT2D eigenvalue weighted by atomic mass is 10.0. The first-order valence-electron chi connectivity index (χ1n) is 7.17. The summed E-state index contributed by atoms with van der Waals surface area (Å²) in [5.41, 5.74) is 0.721. The fraction of sp³-hybridized carbons (Fsp3) is 0.353. The molecule has 0 radical (unpaired) electrons. The zero-order valence-corrected chi connectivity index (χ0v) is 15.2. The minimum absolute atomic E-state index is 0.00726. The Balaban J connectivity index is 2.07. The first kappa shape index (κ1) is 16.5. The molecule has 0 aliphatic rings. The second-order valence-electron chi connectivity index (χ2n) is 5.17. The Labute approximate surface area is 142 Å². The molecule has 2 aromatic carbocycles. The van der Waals surface area contributed by atoms with Gasteiger partial charge in [0.05, 0.1) is 0 Å². The van der Waals surface area contributed by atoms with Gasteiger partial charge in [0.15, 0.2) is 0 Å². The summed E-state index contributed by atoms with van der Waals surface area (Å²) in [5.74, 6) is 0.539. The molecule has 2 rings (SSSR count). The number of carbonyl (C=O) groups is 1. The summed E-state index contributed by atoms with van der Waals surface area (Å²) in [6.45, 7) is 2.90. The maximum Gasteiger partial charge on any atom is 0.251 e. The third-order valence-corrected chi connectivity index (χ3v) is 4.66. The molecule has 21 heavy (non-hydrogen) atoms. The van der Waals surface area contributed by atoms with Crippen LogP contribution in [0, 0.1) is 5.92 Å². The molecular weight excluding hydrogens is 394 g/mol. The van der Waals surface area contributed by atoms with Crippen LogP contribution in [0.2, 0.25) is 0 Å². The van der Waals surface area contributed by atoms with Gasteiger partial charge in [-0.05, 0) is 47.4 Å². The van der Waals surface area contributed by atoms with E-state index >= 15 is 0 Å². The predicted octanol–water partition coefficient (Wildman–Crippen LogP) is 5.14. The number of amides is 1. The van der Waals surface area contributed by atoms with Crippen LogP contribution >= 0.6 is 31.9 Å². The van der Waals surface area contributed by atoms with Crippen molar-refractivity contribution in [2.45, 2.75) is 19.8 Å². The molecular formula is C17H19Br2NO. The molecule has 0 spiro atoms. The molecule has 0 fully saturated rings. The number of alkyl halides is 1. The fourth-order valence-electron chi connectivity index (χ4n) is 2.30. The zero-order chi connectivity index (χ0) is 15.2. The Morgan fingerprint density at radius 1 is 1.19 bits per heavy atom. The highest BCUT2D eigenvalue weighted by Gasteiger charge is 2.10. The van der Waals surface area contributed by atoms with Crippen LogP contribution in [0.15, 0.2) is 40.9 Å². The van der Waals surface area contributed by atoms with Crippen LogP contribution in [0.25, 0.3) is 10.8 Å². The highest BCUT2D eigenvalue weighted by atomic mass is 79.9. The molecule has 4 heteroatoms. The van der Waals surface area contributed by atoms with Crippen LogP contribution in [0.3, 0.4) is 0 Å². The van der Waals surface area contributed by atoms with Crippen molar-refractivity contribution in [3.63, 3.8) is 0 Å². The summed E-state index contributed by atoms with van der Waals surface area (Å²) in [6.07, 6.45) is 2.17. The molecule has 0 heterocycles. The highest BCUT2D eigenvalue weighted by molar-refractivity contribution is 9.10. The zero-order valence-electron chi connectivity index (χ0n) is 12.0. The molecule has 2 nitrogen and oxygen atoms in total. The van der Waals surface area contributed by atoms with Gasteiger partial charge in [-0.25, -0.2) is 0 Å². The van der Waals surface area contributed by atoms with Crippen molar-refractivity contribution in [1.82, 2.24) is 5.32 Å². The van der Waals surface area contributed by atoms with E-state index in [4.69, 9.17) is 0 Å². The highest BCUT2D eigenvalue weighted by Crippen LogP contribution is 2.21. The largest absolute Gasteiger partial charge is 0.352 e. The monoisotopic (exact) mass is 411 g/mol. The van der Waals surface area contributed by atoms with Crippen molar-refractivity contribution in [3.05, 3.63) is 46.4 Å². The van der Waals surface area contributed by atoms with E-state index in [1.807, 2.05) is 30.3 Å². The number of benzene rings is 2. The molecule has 1 amide bonds. The molecule has 1 atom stereocenters. The van der Waals surface area contributed by atoms with Crippen LogP contribution in [0.4, 0.5) is 0 Å². The van der Waals surface area contributed by atoms with Gasteiger partial charge in [0, 0.05) is 21.9 Å². The molecule has 0 saturated carbocycles. The van der Waals surface area contributed by atoms with Crippen molar-refractivity contribution in [1.29, 1.82) is 0 Å². The summed E-state index contributed by atoms with van der Waals surface area (Å²) in [4.78, 5) is 12.2. The van der Waals surface area contributed by atoms with E-state index in [9.17, 15) is 4.79 Å². The molecule has 1 N–H and O–H groups in total. The Hall–Kier alpha value is -0.870. The number of halogens is 2. The van der Waals surface area contributed by atoms with E-state index in [2.05, 4.69) is 50.2 Å². The minimum Gasteiger partial charge on any atom is -0.352 e. The third-order valence-electron chi connectivity index (χ3n) is 3.71. The van der Waals surface area contributed by atoms with E-state index in [-0.39, 0.29) is 5.91 Å². The lowest BCUT2D eigenvalue weighted by molar-refractivity contribution is 0.0946.